The molecule has 0 unspecified atom stereocenters. The van der Waals surface area contributed by atoms with Gasteiger partial charge in [0, 0.05) is 36.8 Å². The van der Waals surface area contributed by atoms with E-state index in [9.17, 15) is 15.2 Å². The van der Waals surface area contributed by atoms with E-state index in [1.54, 1.807) is 26.2 Å². The molecule has 0 saturated carbocycles. The number of ether oxygens (including phenoxy) is 1. The average molecular weight is 330 g/mol. The highest BCUT2D eigenvalue weighted by Crippen LogP contribution is 2.23. The highest BCUT2D eigenvalue weighted by Gasteiger charge is 2.14. The molecule has 0 aliphatic rings. The van der Waals surface area contributed by atoms with E-state index >= 15 is 0 Å². The third kappa shape index (κ3) is 4.53. The fourth-order valence-corrected chi connectivity index (χ4v) is 2.64. The Kier molecular flexibility index (Phi) is 6.28. The first-order valence-corrected chi connectivity index (χ1v) is 7.74. The second-order valence-corrected chi connectivity index (χ2v) is 5.62. The third-order valence-electron chi connectivity index (χ3n) is 3.88. The Bertz CT molecular complexity index is 703. The molecule has 0 saturated heterocycles. The summed E-state index contributed by atoms with van der Waals surface area (Å²) in [5.74, 6) is 0.787. The molecule has 6 nitrogen and oxygen atoms in total. The van der Waals surface area contributed by atoms with Gasteiger partial charge in [-0.2, -0.15) is 0 Å². The summed E-state index contributed by atoms with van der Waals surface area (Å²) in [6.45, 7) is 3.32. The third-order valence-corrected chi connectivity index (χ3v) is 3.88. The summed E-state index contributed by atoms with van der Waals surface area (Å²) in [5.41, 5.74) is 2.61. The molecule has 0 amide bonds. The van der Waals surface area contributed by atoms with Crippen molar-refractivity contribution in [2.24, 2.45) is 0 Å². The molecule has 0 radical (unpaired) electrons. The highest BCUT2D eigenvalue weighted by atomic mass is 16.6. The van der Waals surface area contributed by atoms with Gasteiger partial charge in [0.25, 0.3) is 5.69 Å². The zero-order valence-corrected chi connectivity index (χ0v) is 13.9. The summed E-state index contributed by atoms with van der Waals surface area (Å²) in [6.07, 6.45) is 0. The van der Waals surface area contributed by atoms with Crippen molar-refractivity contribution in [1.82, 2.24) is 4.90 Å². The summed E-state index contributed by atoms with van der Waals surface area (Å²) < 4.78 is 5.36. The van der Waals surface area contributed by atoms with E-state index in [4.69, 9.17) is 4.74 Å². The molecular formula is C18H22N2O4. The van der Waals surface area contributed by atoms with Crippen molar-refractivity contribution in [2.75, 3.05) is 20.3 Å². The number of nitrogens with zero attached hydrogens (tertiary/aromatic N) is 2. The molecule has 2 aromatic rings. The molecule has 0 atom stereocenters. The number of aliphatic hydroxyl groups excluding tert-OH is 1. The van der Waals surface area contributed by atoms with Gasteiger partial charge in [-0.3, -0.25) is 15.0 Å². The Balaban J connectivity index is 2.19. The first kappa shape index (κ1) is 17.9. The minimum atomic E-state index is -0.366. The largest absolute Gasteiger partial charge is 0.496 e. The van der Waals surface area contributed by atoms with Crippen molar-refractivity contribution in [3.8, 4) is 5.75 Å². The van der Waals surface area contributed by atoms with Gasteiger partial charge in [-0.1, -0.05) is 30.3 Å². The molecule has 6 heteroatoms. The maximum atomic E-state index is 11.1. The van der Waals surface area contributed by atoms with Crippen LogP contribution in [0.3, 0.4) is 0 Å². The summed E-state index contributed by atoms with van der Waals surface area (Å²) in [7, 11) is 1.62. The van der Waals surface area contributed by atoms with Crippen LogP contribution < -0.4 is 4.74 Å². The van der Waals surface area contributed by atoms with E-state index in [2.05, 4.69) is 0 Å². The van der Waals surface area contributed by atoms with Gasteiger partial charge in [0.2, 0.25) is 0 Å². The quantitative estimate of drug-likeness (QED) is 0.595. The lowest BCUT2D eigenvalue weighted by molar-refractivity contribution is -0.385. The number of aliphatic hydroxyl groups is 1. The van der Waals surface area contributed by atoms with Crippen molar-refractivity contribution in [1.29, 1.82) is 0 Å². The molecule has 0 fully saturated rings. The van der Waals surface area contributed by atoms with Crippen LogP contribution in [0.2, 0.25) is 0 Å². The van der Waals surface area contributed by atoms with E-state index < -0.39 is 0 Å². The Morgan fingerprint density at radius 3 is 2.62 bits per heavy atom. The van der Waals surface area contributed by atoms with E-state index in [0.717, 1.165) is 16.9 Å². The summed E-state index contributed by atoms with van der Waals surface area (Å²) in [6, 6.07) is 12.9. The number of rotatable bonds is 8. The van der Waals surface area contributed by atoms with E-state index in [0.29, 0.717) is 25.2 Å². The lowest BCUT2D eigenvalue weighted by atomic mass is 10.1. The topological polar surface area (TPSA) is 75.8 Å². The molecule has 128 valence electrons. The lowest BCUT2D eigenvalue weighted by Gasteiger charge is -2.22. The van der Waals surface area contributed by atoms with Gasteiger partial charge in [0.1, 0.15) is 5.75 Å². The van der Waals surface area contributed by atoms with Crippen molar-refractivity contribution in [3.05, 3.63) is 69.3 Å². The maximum absolute atomic E-state index is 11.1. The van der Waals surface area contributed by atoms with Crippen molar-refractivity contribution in [3.63, 3.8) is 0 Å². The molecule has 2 aromatic carbocycles. The van der Waals surface area contributed by atoms with Crippen LogP contribution in [-0.2, 0) is 13.1 Å². The number of hydrogen-bond donors (Lipinski definition) is 1. The normalized spacial score (nSPS) is 10.8. The molecule has 0 bridgehead atoms. The van der Waals surface area contributed by atoms with Gasteiger partial charge in [-0.15, -0.1) is 0 Å². The molecule has 0 spiro atoms. The Morgan fingerprint density at radius 2 is 1.96 bits per heavy atom. The van der Waals surface area contributed by atoms with Crippen LogP contribution in [0.15, 0.2) is 42.5 Å². The Labute approximate surface area is 141 Å². The van der Waals surface area contributed by atoms with Crippen LogP contribution in [0, 0.1) is 17.0 Å². The second kappa shape index (κ2) is 8.42. The summed E-state index contributed by atoms with van der Waals surface area (Å²) in [5, 5.41) is 20.4. The second-order valence-electron chi connectivity index (χ2n) is 5.62. The van der Waals surface area contributed by atoms with Crippen LogP contribution in [0.1, 0.15) is 16.7 Å². The van der Waals surface area contributed by atoms with Gasteiger partial charge in [-0.05, 0) is 18.6 Å². The zero-order chi connectivity index (χ0) is 17.5. The van der Waals surface area contributed by atoms with Crippen LogP contribution in [0.5, 0.6) is 5.75 Å². The van der Waals surface area contributed by atoms with E-state index in [1.165, 1.54) is 0 Å². The number of aryl methyl sites for hydroxylation is 1. The van der Waals surface area contributed by atoms with Crippen LogP contribution in [-0.4, -0.2) is 35.2 Å². The van der Waals surface area contributed by atoms with Gasteiger partial charge >= 0.3 is 0 Å². The molecule has 0 aliphatic carbocycles. The molecule has 0 heterocycles. The lowest BCUT2D eigenvalue weighted by Crippen LogP contribution is -2.26. The van der Waals surface area contributed by atoms with Crippen LogP contribution in [0.25, 0.3) is 0 Å². The number of nitro benzene ring substituents is 1. The molecule has 0 aliphatic heterocycles. The number of nitro groups is 1. The van der Waals surface area contributed by atoms with Gasteiger partial charge in [0.05, 0.1) is 18.6 Å². The minimum absolute atomic E-state index is 0.0170. The molecule has 0 aromatic heterocycles. The SMILES string of the molecule is COc1ccccc1CN(CCO)Cc1ccc(C)c([N+](=O)[O-])c1. The standard InChI is InChI=1S/C18H22N2O4/c1-14-7-8-15(11-17(14)20(22)23)12-19(9-10-21)13-16-5-3-4-6-18(16)24-2/h3-8,11,21H,9-10,12-13H2,1-2H3. The molecule has 1 N–H and O–H groups in total. The van der Waals surface area contributed by atoms with Crippen LogP contribution in [0.4, 0.5) is 5.69 Å². The van der Waals surface area contributed by atoms with Crippen molar-refractivity contribution in [2.45, 2.75) is 20.0 Å². The number of para-hydroxylation sites is 1. The monoisotopic (exact) mass is 330 g/mol. The first-order valence-electron chi connectivity index (χ1n) is 7.74. The maximum Gasteiger partial charge on any atom is 0.272 e. The Hall–Kier alpha value is -2.44. The van der Waals surface area contributed by atoms with E-state index in [1.807, 2.05) is 35.2 Å². The van der Waals surface area contributed by atoms with Crippen molar-refractivity contribution < 1.29 is 14.8 Å². The number of methoxy groups -OCH3 is 1. The molecular weight excluding hydrogens is 308 g/mol. The minimum Gasteiger partial charge on any atom is -0.496 e. The highest BCUT2D eigenvalue weighted by molar-refractivity contribution is 5.42. The van der Waals surface area contributed by atoms with Crippen LogP contribution >= 0.6 is 0 Å². The predicted octanol–water partition coefficient (Wildman–Crippen LogP) is 2.91. The predicted molar refractivity (Wildman–Crippen MR) is 92.0 cm³/mol. The fraction of sp³-hybridized carbons (Fsp3) is 0.333. The number of benzene rings is 2. The fourth-order valence-electron chi connectivity index (χ4n) is 2.64. The van der Waals surface area contributed by atoms with Crippen molar-refractivity contribution >= 4 is 5.69 Å². The summed E-state index contributed by atoms with van der Waals surface area (Å²) >= 11 is 0. The smallest absolute Gasteiger partial charge is 0.272 e. The molecule has 24 heavy (non-hydrogen) atoms. The zero-order valence-electron chi connectivity index (χ0n) is 13.9. The van der Waals surface area contributed by atoms with Gasteiger partial charge in [-0.25, -0.2) is 0 Å². The van der Waals surface area contributed by atoms with Gasteiger partial charge in [0.15, 0.2) is 0 Å². The van der Waals surface area contributed by atoms with E-state index in [-0.39, 0.29) is 17.2 Å². The average Bonchev–Trinajstić information content (AvgIpc) is 2.57. The Morgan fingerprint density at radius 1 is 1.21 bits per heavy atom. The molecule has 2 rings (SSSR count). The summed E-state index contributed by atoms with van der Waals surface area (Å²) in [4.78, 5) is 12.8. The van der Waals surface area contributed by atoms with Gasteiger partial charge < -0.3 is 9.84 Å². The first-order chi connectivity index (χ1) is 11.5. The number of hydrogen-bond acceptors (Lipinski definition) is 5.